The minimum Gasteiger partial charge on any atom is -0.204 e. The van der Waals surface area contributed by atoms with Crippen LogP contribution in [0.5, 0.6) is 0 Å². The number of unbranched alkanes of at least 4 members (excludes halogenated alkanes) is 7. The first-order chi connectivity index (χ1) is 14.0. The molecule has 2 aromatic rings. The van der Waals surface area contributed by atoms with Gasteiger partial charge in [0.25, 0.3) is 0 Å². The molecule has 0 N–H and O–H groups in total. The Bertz CT molecular complexity index is 697. The van der Waals surface area contributed by atoms with Crippen molar-refractivity contribution in [1.82, 2.24) is 0 Å². The van der Waals surface area contributed by atoms with Crippen LogP contribution < -0.4 is 0 Å². The fraction of sp³-hybridized carbons (Fsp3) is 0.520. The quantitative estimate of drug-likeness (QED) is 0.257. The molecular formula is C25H34F4. The van der Waals surface area contributed by atoms with Crippen molar-refractivity contribution in [2.45, 2.75) is 84.5 Å². The molecule has 0 fully saturated rings. The van der Waals surface area contributed by atoms with Gasteiger partial charge in [0.15, 0.2) is 23.3 Å². The molecule has 0 spiro atoms. The molecule has 0 aliphatic heterocycles. The van der Waals surface area contributed by atoms with E-state index >= 15 is 0 Å². The van der Waals surface area contributed by atoms with E-state index in [2.05, 4.69) is 13.8 Å². The van der Waals surface area contributed by atoms with E-state index in [0.717, 1.165) is 50.7 Å². The SMILES string of the molecule is CCCCCCCc1cccc(F)c1F.CCCCCCc1cccc(F)c1F. The monoisotopic (exact) mass is 410 g/mol. The van der Waals surface area contributed by atoms with Crippen molar-refractivity contribution in [1.29, 1.82) is 0 Å². The summed E-state index contributed by atoms with van der Waals surface area (Å²) in [4.78, 5) is 0. The first kappa shape index (κ1) is 25.2. The Morgan fingerprint density at radius 2 is 0.897 bits per heavy atom. The van der Waals surface area contributed by atoms with Crippen LogP contribution >= 0.6 is 0 Å². The molecule has 2 aromatic carbocycles. The van der Waals surface area contributed by atoms with Crippen LogP contribution in [0.15, 0.2) is 36.4 Å². The third-order valence-electron chi connectivity index (χ3n) is 4.91. The number of halogens is 4. The second-order valence-electron chi connectivity index (χ2n) is 7.40. The maximum Gasteiger partial charge on any atom is 0.162 e. The average Bonchev–Trinajstić information content (AvgIpc) is 2.72. The lowest BCUT2D eigenvalue weighted by Crippen LogP contribution is -1.94. The fourth-order valence-electron chi connectivity index (χ4n) is 3.14. The molecule has 0 bridgehead atoms. The Kier molecular flexibility index (Phi) is 13.1. The molecular weight excluding hydrogens is 376 g/mol. The van der Waals surface area contributed by atoms with E-state index in [4.69, 9.17) is 0 Å². The van der Waals surface area contributed by atoms with Crippen molar-refractivity contribution in [2.75, 3.05) is 0 Å². The predicted octanol–water partition coefficient (Wildman–Crippen LogP) is 8.57. The highest BCUT2D eigenvalue weighted by molar-refractivity contribution is 5.19. The van der Waals surface area contributed by atoms with Crippen LogP contribution in [0.2, 0.25) is 0 Å². The van der Waals surface area contributed by atoms with E-state index in [9.17, 15) is 17.6 Å². The summed E-state index contributed by atoms with van der Waals surface area (Å²) in [5.41, 5.74) is 1.01. The molecule has 29 heavy (non-hydrogen) atoms. The van der Waals surface area contributed by atoms with Gasteiger partial charge in [-0.25, -0.2) is 17.6 Å². The molecule has 4 heteroatoms. The van der Waals surface area contributed by atoms with Gasteiger partial charge in [-0.3, -0.25) is 0 Å². The highest BCUT2D eigenvalue weighted by Crippen LogP contribution is 2.16. The van der Waals surface area contributed by atoms with E-state index in [1.807, 2.05) is 0 Å². The van der Waals surface area contributed by atoms with Gasteiger partial charge in [0.1, 0.15) is 0 Å². The lowest BCUT2D eigenvalue weighted by molar-refractivity contribution is 0.495. The van der Waals surface area contributed by atoms with E-state index < -0.39 is 23.3 Å². The summed E-state index contributed by atoms with van der Waals surface area (Å²) in [6.45, 7) is 4.29. The van der Waals surface area contributed by atoms with Crippen molar-refractivity contribution < 1.29 is 17.6 Å². The minimum absolute atomic E-state index is 0.501. The largest absolute Gasteiger partial charge is 0.204 e. The topological polar surface area (TPSA) is 0 Å². The van der Waals surface area contributed by atoms with Crippen molar-refractivity contribution in [3.8, 4) is 0 Å². The Morgan fingerprint density at radius 3 is 1.31 bits per heavy atom. The van der Waals surface area contributed by atoms with Crippen molar-refractivity contribution in [3.05, 3.63) is 70.8 Å². The van der Waals surface area contributed by atoms with Crippen LogP contribution in [0, 0.1) is 23.3 Å². The summed E-state index contributed by atoms with van der Waals surface area (Å²) in [6, 6.07) is 8.77. The number of hydrogen-bond donors (Lipinski definition) is 0. The van der Waals surface area contributed by atoms with Crippen LogP contribution in [0.3, 0.4) is 0 Å². The van der Waals surface area contributed by atoms with Gasteiger partial charge in [-0.05, 0) is 48.9 Å². The van der Waals surface area contributed by atoms with Gasteiger partial charge in [-0.1, -0.05) is 83.1 Å². The first-order valence-electron chi connectivity index (χ1n) is 10.9. The zero-order valence-electron chi connectivity index (χ0n) is 17.8. The second-order valence-corrected chi connectivity index (χ2v) is 7.40. The Balaban J connectivity index is 0.000000291. The Hall–Kier alpha value is -1.84. The molecule has 0 aliphatic carbocycles. The van der Waals surface area contributed by atoms with E-state index in [-0.39, 0.29) is 0 Å². The maximum absolute atomic E-state index is 13.2. The van der Waals surface area contributed by atoms with Crippen molar-refractivity contribution in [2.24, 2.45) is 0 Å². The highest BCUT2D eigenvalue weighted by atomic mass is 19.2. The normalized spacial score (nSPS) is 10.6. The van der Waals surface area contributed by atoms with Crippen LogP contribution in [0.25, 0.3) is 0 Å². The molecule has 0 radical (unpaired) electrons. The lowest BCUT2D eigenvalue weighted by Gasteiger charge is -2.03. The summed E-state index contributed by atoms with van der Waals surface area (Å²) in [7, 11) is 0. The van der Waals surface area contributed by atoms with E-state index in [1.165, 1.54) is 19.3 Å². The minimum atomic E-state index is -0.738. The Morgan fingerprint density at radius 1 is 0.517 bits per heavy atom. The molecule has 0 aliphatic rings. The van der Waals surface area contributed by atoms with Crippen LogP contribution in [-0.2, 0) is 12.8 Å². The average molecular weight is 411 g/mol. The number of rotatable bonds is 11. The molecule has 0 aromatic heterocycles. The summed E-state index contributed by atoms with van der Waals surface area (Å²) in [6.07, 6.45) is 11.3. The lowest BCUT2D eigenvalue weighted by atomic mass is 10.1. The van der Waals surface area contributed by atoms with Crippen molar-refractivity contribution >= 4 is 0 Å². The standard InChI is InChI=1S/C13H18F2.C12H16F2/c1-2-3-4-5-6-8-11-9-7-10-12(14)13(11)15;1-2-3-4-5-7-10-8-6-9-11(13)12(10)14/h7,9-10H,2-6,8H2,1H3;6,8-9H,2-5,7H2,1H3. The molecule has 2 rings (SSSR count). The molecule has 0 nitrogen and oxygen atoms in total. The molecule has 0 amide bonds. The summed E-state index contributed by atoms with van der Waals surface area (Å²) in [5, 5.41) is 0. The first-order valence-corrected chi connectivity index (χ1v) is 10.9. The van der Waals surface area contributed by atoms with Gasteiger partial charge < -0.3 is 0 Å². The van der Waals surface area contributed by atoms with Gasteiger partial charge in [-0.2, -0.15) is 0 Å². The molecule has 0 saturated heterocycles. The number of hydrogen-bond acceptors (Lipinski definition) is 0. The van der Waals surface area contributed by atoms with Gasteiger partial charge >= 0.3 is 0 Å². The van der Waals surface area contributed by atoms with Crippen LogP contribution in [-0.4, -0.2) is 0 Å². The van der Waals surface area contributed by atoms with Gasteiger partial charge in [-0.15, -0.1) is 0 Å². The molecule has 162 valence electrons. The summed E-state index contributed by atoms with van der Waals surface area (Å²) < 4.78 is 52.0. The number of aryl methyl sites for hydroxylation is 2. The third kappa shape index (κ3) is 9.96. The predicted molar refractivity (Wildman–Crippen MR) is 113 cm³/mol. The molecule has 0 saturated carbocycles. The van der Waals surface area contributed by atoms with Gasteiger partial charge in [0, 0.05) is 0 Å². The zero-order valence-corrected chi connectivity index (χ0v) is 17.8. The smallest absolute Gasteiger partial charge is 0.162 e. The Labute approximate surface area is 173 Å². The summed E-state index contributed by atoms with van der Waals surface area (Å²) >= 11 is 0. The van der Waals surface area contributed by atoms with Crippen LogP contribution in [0.1, 0.15) is 82.8 Å². The van der Waals surface area contributed by atoms with E-state index in [0.29, 0.717) is 24.0 Å². The van der Waals surface area contributed by atoms with Gasteiger partial charge in [0.05, 0.1) is 0 Å². The van der Waals surface area contributed by atoms with Crippen LogP contribution in [0.4, 0.5) is 17.6 Å². The third-order valence-corrected chi connectivity index (χ3v) is 4.91. The fourth-order valence-corrected chi connectivity index (χ4v) is 3.14. The zero-order chi connectivity index (χ0) is 21.5. The molecule has 0 atom stereocenters. The van der Waals surface area contributed by atoms with Crippen molar-refractivity contribution in [3.63, 3.8) is 0 Å². The van der Waals surface area contributed by atoms with Gasteiger partial charge in [0.2, 0.25) is 0 Å². The maximum atomic E-state index is 13.2. The molecule has 0 heterocycles. The molecule has 0 unspecified atom stereocenters. The summed E-state index contributed by atoms with van der Waals surface area (Å²) in [5.74, 6) is -2.82. The van der Waals surface area contributed by atoms with E-state index in [1.54, 1.807) is 24.3 Å². The second kappa shape index (κ2) is 15.1. The number of benzene rings is 2. The highest BCUT2D eigenvalue weighted by Gasteiger charge is 2.07.